The third-order valence-electron chi connectivity index (χ3n) is 4.21. The molecular weight excluding hydrogens is 332 g/mol. The number of nitrogens with one attached hydrogen (secondary N) is 2. The zero-order valence-electron chi connectivity index (χ0n) is 12.9. The Morgan fingerprint density at radius 2 is 2.22 bits per heavy atom. The van der Waals surface area contributed by atoms with E-state index in [-0.39, 0.29) is 5.91 Å². The lowest BCUT2D eigenvalue weighted by molar-refractivity contribution is -0.126. The van der Waals surface area contributed by atoms with Gasteiger partial charge in [0.25, 0.3) is 5.91 Å². The number of aromatic nitrogens is 2. The Morgan fingerprint density at radius 3 is 2.83 bits per heavy atom. The Hall–Kier alpha value is -1.50. The van der Waals surface area contributed by atoms with Gasteiger partial charge in [0, 0.05) is 23.0 Å². The molecule has 1 aliphatic rings. The van der Waals surface area contributed by atoms with Crippen LogP contribution in [0.5, 0.6) is 0 Å². The number of amides is 1. The molecule has 23 heavy (non-hydrogen) atoms. The summed E-state index contributed by atoms with van der Waals surface area (Å²) >= 11 is 7.81. The van der Waals surface area contributed by atoms with Crippen molar-refractivity contribution in [2.24, 2.45) is 0 Å². The highest BCUT2D eigenvalue weighted by Gasteiger charge is 2.42. The monoisotopic (exact) mass is 350 g/mol. The molecule has 1 saturated heterocycles. The first kappa shape index (κ1) is 16.4. The number of carbonyl (C=O) groups is 1. The van der Waals surface area contributed by atoms with E-state index in [1.807, 2.05) is 30.7 Å². The van der Waals surface area contributed by atoms with E-state index in [0.29, 0.717) is 23.6 Å². The largest absolute Gasteiger partial charge is 0.324 e. The lowest BCUT2D eigenvalue weighted by atomic mass is 9.87. The van der Waals surface area contributed by atoms with E-state index >= 15 is 0 Å². The van der Waals surface area contributed by atoms with Gasteiger partial charge < -0.3 is 10.6 Å². The first-order valence-electron chi connectivity index (χ1n) is 7.51. The SMILES string of the molecule is CSc1ccc(NC(=O)C2(n3cccn3)CCNCC2)cc1Cl. The maximum atomic E-state index is 13.0. The van der Waals surface area contributed by atoms with Crippen molar-refractivity contribution < 1.29 is 4.79 Å². The number of thioether (sulfide) groups is 1. The summed E-state index contributed by atoms with van der Waals surface area (Å²) in [5.41, 5.74) is 0.0576. The number of benzene rings is 1. The summed E-state index contributed by atoms with van der Waals surface area (Å²) in [4.78, 5) is 14.0. The van der Waals surface area contributed by atoms with Crippen LogP contribution in [-0.2, 0) is 10.3 Å². The van der Waals surface area contributed by atoms with E-state index in [9.17, 15) is 4.79 Å². The zero-order chi connectivity index (χ0) is 16.3. The molecule has 0 atom stereocenters. The minimum absolute atomic E-state index is 0.0457. The van der Waals surface area contributed by atoms with Crippen molar-refractivity contribution in [3.05, 3.63) is 41.7 Å². The number of piperidine rings is 1. The van der Waals surface area contributed by atoms with Crippen molar-refractivity contribution in [2.75, 3.05) is 24.7 Å². The normalized spacial score (nSPS) is 17.0. The molecule has 0 saturated carbocycles. The predicted molar refractivity (Wildman–Crippen MR) is 94.2 cm³/mol. The van der Waals surface area contributed by atoms with Crippen LogP contribution in [0.2, 0.25) is 5.02 Å². The van der Waals surface area contributed by atoms with Crippen LogP contribution in [0.3, 0.4) is 0 Å². The van der Waals surface area contributed by atoms with Gasteiger partial charge in [-0.3, -0.25) is 9.48 Å². The summed E-state index contributed by atoms with van der Waals surface area (Å²) in [6.45, 7) is 1.58. The first-order chi connectivity index (χ1) is 11.2. The average molecular weight is 351 g/mol. The van der Waals surface area contributed by atoms with Crippen molar-refractivity contribution >= 4 is 35.0 Å². The van der Waals surface area contributed by atoms with Crippen LogP contribution in [-0.4, -0.2) is 35.0 Å². The molecular formula is C16H19ClN4OS. The smallest absolute Gasteiger partial charge is 0.252 e. The summed E-state index contributed by atoms with van der Waals surface area (Å²) < 4.78 is 1.78. The lowest BCUT2D eigenvalue weighted by Gasteiger charge is -2.36. The molecule has 1 aromatic heterocycles. The topological polar surface area (TPSA) is 59.0 Å². The van der Waals surface area contributed by atoms with Crippen molar-refractivity contribution in [2.45, 2.75) is 23.3 Å². The Balaban J connectivity index is 1.86. The fourth-order valence-corrected chi connectivity index (χ4v) is 3.78. The molecule has 2 N–H and O–H groups in total. The van der Waals surface area contributed by atoms with E-state index < -0.39 is 5.54 Å². The molecule has 0 radical (unpaired) electrons. The van der Waals surface area contributed by atoms with Gasteiger partial charge in [-0.1, -0.05) is 11.6 Å². The molecule has 1 fully saturated rings. The van der Waals surface area contributed by atoms with E-state index in [1.54, 1.807) is 28.7 Å². The molecule has 2 heterocycles. The van der Waals surface area contributed by atoms with Crippen LogP contribution in [0.4, 0.5) is 5.69 Å². The van der Waals surface area contributed by atoms with Crippen molar-refractivity contribution in [1.82, 2.24) is 15.1 Å². The number of hydrogen-bond acceptors (Lipinski definition) is 4. The van der Waals surface area contributed by atoms with Gasteiger partial charge in [-0.05, 0) is 56.5 Å². The summed E-state index contributed by atoms with van der Waals surface area (Å²) in [5.74, 6) is -0.0457. The first-order valence-corrected chi connectivity index (χ1v) is 9.12. The summed E-state index contributed by atoms with van der Waals surface area (Å²) in [7, 11) is 0. The molecule has 0 spiro atoms. The minimum Gasteiger partial charge on any atom is -0.324 e. The number of carbonyl (C=O) groups excluding carboxylic acids is 1. The standard InChI is InChI=1S/C16H19ClN4OS/c1-23-14-4-3-12(11-13(14)17)20-15(22)16(5-8-18-9-6-16)21-10-2-7-19-21/h2-4,7,10-11,18H,5-6,8-9H2,1H3,(H,20,22). The van der Waals surface area contributed by atoms with Crippen LogP contribution < -0.4 is 10.6 Å². The molecule has 122 valence electrons. The van der Waals surface area contributed by atoms with E-state index in [1.165, 1.54) is 0 Å². The molecule has 1 aliphatic heterocycles. The molecule has 0 bridgehead atoms. The fourth-order valence-electron chi connectivity index (χ4n) is 2.91. The number of anilines is 1. The van der Waals surface area contributed by atoms with Gasteiger partial charge in [0.2, 0.25) is 0 Å². The van der Waals surface area contributed by atoms with Gasteiger partial charge in [0.1, 0.15) is 5.54 Å². The Labute approximate surface area is 144 Å². The Bertz CT molecular complexity index is 683. The lowest BCUT2D eigenvalue weighted by Crippen LogP contribution is -2.52. The maximum absolute atomic E-state index is 13.0. The van der Waals surface area contributed by atoms with Gasteiger partial charge in [-0.2, -0.15) is 5.10 Å². The molecule has 2 aromatic rings. The quantitative estimate of drug-likeness (QED) is 0.832. The van der Waals surface area contributed by atoms with E-state index in [0.717, 1.165) is 18.0 Å². The third-order valence-corrected chi connectivity index (χ3v) is 5.43. The number of hydrogen-bond donors (Lipinski definition) is 2. The Kier molecular flexibility index (Phi) is 4.94. The van der Waals surface area contributed by atoms with Crippen molar-refractivity contribution in [1.29, 1.82) is 0 Å². The summed E-state index contributed by atoms with van der Waals surface area (Å²) in [6.07, 6.45) is 6.95. The molecule has 0 aliphatic carbocycles. The van der Waals surface area contributed by atoms with Crippen molar-refractivity contribution in [3.63, 3.8) is 0 Å². The van der Waals surface area contributed by atoms with Gasteiger partial charge in [-0.15, -0.1) is 11.8 Å². The average Bonchev–Trinajstić information content (AvgIpc) is 3.10. The number of halogens is 1. The third kappa shape index (κ3) is 3.24. The highest BCUT2D eigenvalue weighted by molar-refractivity contribution is 7.98. The van der Waals surface area contributed by atoms with Gasteiger partial charge in [0.15, 0.2) is 0 Å². The number of nitrogens with zero attached hydrogens (tertiary/aromatic N) is 2. The second-order valence-electron chi connectivity index (χ2n) is 5.54. The fraction of sp³-hybridized carbons (Fsp3) is 0.375. The van der Waals surface area contributed by atoms with Crippen LogP contribution in [0.25, 0.3) is 0 Å². The highest BCUT2D eigenvalue weighted by Crippen LogP contribution is 2.31. The van der Waals surface area contributed by atoms with Crippen LogP contribution >= 0.6 is 23.4 Å². The summed E-state index contributed by atoms with van der Waals surface area (Å²) in [6, 6.07) is 7.45. The molecule has 3 rings (SSSR count). The molecule has 0 unspecified atom stereocenters. The van der Waals surface area contributed by atoms with E-state index in [4.69, 9.17) is 11.6 Å². The summed E-state index contributed by atoms with van der Waals surface area (Å²) in [5, 5.41) is 11.3. The molecule has 1 amide bonds. The molecule has 5 nitrogen and oxygen atoms in total. The van der Waals surface area contributed by atoms with Crippen LogP contribution in [0, 0.1) is 0 Å². The molecule has 7 heteroatoms. The highest BCUT2D eigenvalue weighted by atomic mass is 35.5. The van der Waals surface area contributed by atoms with E-state index in [2.05, 4.69) is 15.7 Å². The second kappa shape index (κ2) is 6.95. The van der Waals surface area contributed by atoms with Gasteiger partial charge in [0.05, 0.1) is 5.02 Å². The second-order valence-corrected chi connectivity index (χ2v) is 6.79. The number of rotatable bonds is 4. The minimum atomic E-state index is -0.653. The zero-order valence-corrected chi connectivity index (χ0v) is 14.5. The van der Waals surface area contributed by atoms with Crippen LogP contribution in [0.15, 0.2) is 41.6 Å². The van der Waals surface area contributed by atoms with Crippen LogP contribution in [0.1, 0.15) is 12.8 Å². The van der Waals surface area contributed by atoms with Crippen molar-refractivity contribution in [3.8, 4) is 0 Å². The predicted octanol–water partition coefficient (Wildman–Crippen LogP) is 2.98. The molecule has 1 aromatic carbocycles. The van der Waals surface area contributed by atoms with Gasteiger partial charge >= 0.3 is 0 Å². The Morgan fingerprint density at radius 1 is 1.43 bits per heavy atom. The van der Waals surface area contributed by atoms with Gasteiger partial charge in [-0.25, -0.2) is 0 Å². The maximum Gasteiger partial charge on any atom is 0.252 e.